The zero-order chi connectivity index (χ0) is 30.1. The number of nitrogens with zero attached hydrogens (tertiary/aromatic N) is 1. The fraction of sp³-hybridized carbons (Fsp3) is 0.333. The molecular weight excluding hydrogens is 538 g/mol. The van der Waals surface area contributed by atoms with Crippen molar-refractivity contribution in [1.82, 2.24) is 4.90 Å². The number of hydrogen-bond donors (Lipinski definition) is 0. The number of ether oxygens (including phenoxy) is 4. The van der Waals surface area contributed by atoms with E-state index < -0.39 is 29.9 Å². The molecule has 1 fully saturated rings. The van der Waals surface area contributed by atoms with Gasteiger partial charge in [0.1, 0.15) is 11.5 Å². The Morgan fingerprint density at radius 2 is 1.52 bits per heavy atom. The Bertz CT molecular complexity index is 1450. The zero-order valence-corrected chi connectivity index (χ0v) is 23.9. The quantitative estimate of drug-likeness (QED) is 0.111. The largest absolute Gasteiger partial charge is 0.497 e. The summed E-state index contributed by atoms with van der Waals surface area (Å²) in [6, 6.07) is 17.8. The van der Waals surface area contributed by atoms with Crippen LogP contribution in [0.5, 0.6) is 11.5 Å². The van der Waals surface area contributed by atoms with Gasteiger partial charge in [-0.1, -0.05) is 30.8 Å². The molecule has 9 heteroatoms. The summed E-state index contributed by atoms with van der Waals surface area (Å²) in [7, 11) is 1.56. The molecule has 1 saturated heterocycles. The number of hydrogen-bond acceptors (Lipinski definition) is 8. The van der Waals surface area contributed by atoms with Gasteiger partial charge in [-0.3, -0.25) is 14.5 Å². The number of likely N-dealkylation sites (tertiary alicyclic amines) is 1. The number of carbonyl (C=O) groups excluding carboxylic acids is 4. The van der Waals surface area contributed by atoms with Gasteiger partial charge in [0.05, 0.1) is 38.3 Å². The normalized spacial score (nSPS) is 16.4. The number of fused-ring (bicyclic) bond motifs is 1. The zero-order valence-electron chi connectivity index (χ0n) is 23.9. The minimum atomic E-state index is -1.18. The van der Waals surface area contributed by atoms with Crippen LogP contribution in [0.15, 0.2) is 73.3 Å². The van der Waals surface area contributed by atoms with E-state index in [2.05, 4.69) is 6.58 Å². The maximum absolute atomic E-state index is 13.0. The molecule has 0 aromatic heterocycles. The van der Waals surface area contributed by atoms with Crippen molar-refractivity contribution in [2.45, 2.75) is 45.3 Å². The average Bonchev–Trinajstić information content (AvgIpc) is 3.20. The topological polar surface area (TPSA) is 108 Å². The lowest BCUT2D eigenvalue weighted by molar-refractivity contribution is -0.142. The second-order valence-electron chi connectivity index (χ2n) is 10.1. The van der Waals surface area contributed by atoms with Crippen molar-refractivity contribution >= 4 is 34.5 Å². The van der Waals surface area contributed by atoms with Crippen LogP contribution in [-0.2, 0) is 30.4 Å². The molecule has 0 radical (unpaired) electrons. The summed E-state index contributed by atoms with van der Waals surface area (Å²) in [6.45, 7) is 6.00. The number of benzene rings is 3. The second kappa shape index (κ2) is 14.3. The molecule has 0 spiro atoms. The summed E-state index contributed by atoms with van der Waals surface area (Å²) in [5, 5.41) is 1.70. The van der Waals surface area contributed by atoms with Gasteiger partial charge in [0.15, 0.2) is 6.10 Å². The number of carbonyl (C=O) groups is 4. The smallest absolute Gasteiger partial charge is 0.338 e. The van der Waals surface area contributed by atoms with Crippen LogP contribution in [0.3, 0.4) is 0 Å². The number of esters is 2. The number of methoxy groups -OCH3 is 1. The van der Waals surface area contributed by atoms with E-state index in [0.29, 0.717) is 19.0 Å². The predicted molar refractivity (Wildman–Crippen MR) is 156 cm³/mol. The molecule has 0 bridgehead atoms. The number of unbranched alkanes of at least 4 members (excludes halogenated alkanes) is 3. The van der Waals surface area contributed by atoms with Gasteiger partial charge in [0.25, 0.3) is 5.91 Å². The van der Waals surface area contributed by atoms with Gasteiger partial charge in [0, 0.05) is 6.08 Å². The van der Waals surface area contributed by atoms with E-state index in [9.17, 15) is 19.2 Å². The van der Waals surface area contributed by atoms with Crippen molar-refractivity contribution in [3.63, 3.8) is 0 Å². The standard InChI is InChI=1S/C33H35NO8/c1-4-29(35)41-18-8-6-5-7-17-40-28-16-13-24-19-26(12-11-25(24)20-28)33(38)42-30-22(2)31(36)34(32(30)37)21-23-9-14-27(39-3)15-10-23/h4,9-16,19-20,22,30H,1,5-8,17-18,21H2,2-3H3/t22-,30-/m1/s1. The van der Waals surface area contributed by atoms with Crippen LogP contribution in [0.4, 0.5) is 0 Å². The first-order chi connectivity index (χ1) is 20.3. The van der Waals surface area contributed by atoms with E-state index >= 15 is 0 Å². The summed E-state index contributed by atoms with van der Waals surface area (Å²) in [5.41, 5.74) is 1.05. The first-order valence-electron chi connectivity index (χ1n) is 14.0. The second-order valence-corrected chi connectivity index (χ2v) is 10.1. The van der Waals surface area contributed by atoms with E-state index in [1.54, 1.807) is 56.5 Å². The lowest BCUT2D eigenvalue weighted by Gasteiger charge is -2.15. The number of rotatable bonds is 14. The molecule has 2 atom stereocenters. The molecule has 4 rings (SSSR count). The summed E-state index contributed by atoms with van der Waals surface area (Å²) >= 11 is 0. The fourth-order valence-corrected chi connectivity index (χ4v) is 4.68. The Morgan fingerprint density at radius 3 is 2.24 bits per heavy atom. The van der Waals surface area contributed by atoms with E-state index in [1.165, 1.54) is 0 Å². The van der Waals surface area contributed by atoms with Crippen LogP contribution in [0.2, 0.25) is 0 Å². The van der Waals surface area contributed by atoms with E-state index in [0.717, 1.165) is 58.7 Å². The van der Waals surface area contributed by atoms with E-state index in [-0.39, 0.29) is 18.0 Å². The van der Waals surface area contributed by atoms with Crippen LogP contribution in [-0.4, -0.2) is 55.1 Å². The van der Waals surface area contributed by atoms with Gasteiger partial charge in [-0.2, -0.15) is 0 Å². The third-order valence-electron chi connectivity index (χ3n) is 7.12. The van der Waals surface area contributed by atoms with Gasteiger partial charge in [-0.05, 0) is 85.3 Å². The number of amides is 2. The minimum absolute atomic E-state index is 0.0909. The van der Waals surface area contributed by atoms with Gasteiger partial charge in [0.2, 0.25) is 5.91 Å². The molecule has 3 aromatic carbocycles. The summed E-state index contributed by atoms with van der Waals surface area (Å²) < 4.78 is 21.5. The molecule has 9 nitrogen and oxygen atoms in total. The minimum Gasteiger partial charge on any atom is -0.497 e. The number of imide groups is 1. The Labute approximate surface area is 245 Å². The first-order valence-corrected chi connectivity index (χ1v) is 14.0. The summed E-state index contributed by atoms with van der Waals surface area (Å²) in [6.07, 6.45) is 3.53. The van der Waals surface area contributed by atoms with Crippen molar-refractivity contribution in [1.29, 1.82) is 0 Å². The maximum Gasteiger partial charge on any atom is 0.338 e. The highest BCUT2D eigenvalue weighted by Crippen LogP contribution is 2.27. The predicted octanol–water partition coefficient (Wildman–Crippen LogP) is 5.25. The van der Waals surface area contributed by atoms with Crippen LogP contribution in [0, 0.1) is 5.92 Å². The highest BCUT2D eigenvalue weighted by molar-refractivity contribution is 6.07. The van der Waals surface area contributed by atoms with Crippen LogP contribution in [0.1, 0.15) is 48.5 Å². The Kier molecular flexibility index (Phi) is 10.3. The van der Waals surface area contributed by atoms with Crippen LogP contribution >= 0.6 is 0 Å². The Hall–Kier alpha value is -4.66. The monoisotopic (exact) mass is 573 g/mol. The molecule has 1 aliphatic rings. The van der Waals surface area contributed by atoms with Gasteiger partial charge >= 0.3 is 11.9 Å². The van der Waals surface area contributed by atoms with Crippen molar-refractivity contribution < 1.29 is 38.1 Å². The van der Waals surface area contributed by atoms with Crippen molar-refractivity contribution in [2.75, 3.05) is 20.3 Å². The summed E-state index contributed by atoms with van der Waals surface area (Å²) in [5.74, 6) is -1.37. The summed E-state index contributed by atoms with van der Waals surface area (Å²) in [4.78, 5) is 51.0. The van der Waals surface area contributed by atoms with Crippen LogP contribution < -0.4 is 9.47 Å². The third-order valence-corrected chi connectivity index (χ3v) is 7.12. The lowest BCUT2D eigenvalue weighted by Crippen LogP contribution is -2.33. The molecule has 1 aliphatic heterocycles. The molecule has 3 aromatic rings. The fourth-order valence-electron chi connectivity index (χ4n) is 4.68. The van der Waals surface area contributed by atoms with E-state index in [1.807, 2.05) is 18.2 Å². The molecule has 0 saturated carbocycles. The van der Waals surface area contributed by atoms with Gasteiger partial charge in [-0.15, -0.1) is 0 Å². The Morgan fingerprint density at radius 1 is 0.857 bits per heavy atom. The lowest BCUT2D eigenvalue weighted by atomic mass is 10.1. The van der Waals surface area contributed by atoms with Crippen molar-refractivity contribution in [3.05, 3.63) is 84.4 Å². The average molecular weight is 574 g/mol. The molecule has 2 amide bonds. The molecule has 220 valence electrons. The van der Waals surface area contributed by atoms with E-state index in [4.69, 9.17) is 18.9 Å². The van der Waals surface area contributed by atoms with Crippen molar-refractivity contribution in [3.8, 4) is 11.5 Å². The molecule has 0 unspecified atom stereocenters. The molecule has 0 N–H and O–H groups in total. The Balaban J connectivity index is 1.29. The molecule has 1 heterocycles. The third kappa shape index (κ3) is 7.54. The highest BCUT2D eigenvalue weighted by Gasteiger charge is 2.47. The van der Waals surface area contributed by atoms with Gasteiger partial charge < -0.3 is 18.9 Å². The highest BCUT2D eigenvalue weighted by atomic mass is 16.6. The maximum atomic E-state index is 13.0. The van der Waals surface area contributed by atoms with Crippen LogP contribution in [0.25, 0.3) is 10.8 Å². The molecular formula is C33H35NO8. The van der Waals surface area contributed by atoms with Crippen molar-refractivity contribution in [2.24, 2.45) is 5.92 Å². The first kappa shape index (κ1) is 30.3. The SMILES string of the molecule is C=CC(=O)OCCCCCCOc1ccc2cc(C(=O)O[C@H]3C(=O)N(Cc4ccc(OC)cc4)C(=O)[C@@H]3C)ccc2c1. The van der Waals surface area contributed by atoms with Gasteiger partial charge in [-0.25, -0.2) is 9.59 Å². The molecule has 42 heavy (non-hydrogen) atoms. The molecule has 0 aliphatic carbocycles.